The van der Waals surface area contributed by atoms with Crippen LogP contribution >= 0.6 is 24.0 Å². The molecule has 0 spiro atoms. The first kappa shape index (κ1) is 19.5. The molecule has 0 aromatic heterocycles. The van der Waals surface area contributed by atoms with Gasteiger partial charge in [-0.2, -0.15) is 0 Å². The number of nitrogens with zero attached hydrogens (tertiary/aromatic N) is 2. The number of halogens is 2. The topological polar surface area (TPSA) is 84.7 Å². The Bertz CT molecular complexity index is 571. The zero-order chi connectivity index (χ0) is 16.1. The lowest BCUT2D eigenvalue weighted by atomic mass is 10.2. The number of nitro groups is 1. The number of piperazine rings is 1. The van der Waals surface area contributed by atoms with Gasteiger partial charge in [-0.3, -0.25) is 14.9 Å². The summed E-state index contributed by atoms with van der Waals surface area (Å²) < 4.78 is 5.39. The van der Waals surface area contributed by atoms with Crippen molar-refractivity contribution in [1.82, 2.24) is 10.2 Å². The van der Waals surface area contributed by atoms with Crippen LogP contribution in [0.4, 0.5) is 5.69 Å². The molecule has 0 saturated carbocycles. The Balaban J connectivity index is 0.00000264. The number of benzene rings is 1. The highest BCUT2D eigenvalue weighted by Gasteiger charge is 2.23. The number of carbonyl (C=O) groups excluding carboxylic acids is 1. The van der Waals surface area contributed by atoms with E-state index in [1.54, 1.807) is 4.90 Å². The second kappa shape index (κ2) is 8.90. The first-order valence-corrected chi connectivity index (χ1v) is 7.43. The molecule has 1 fully saturated rings. The standard InChI is InChI=1S/C14H18ClN3O4.ClH/c1-10-9-16-5-6-17(10)14(19)4-7-22-13-3-2-11(15)8-12(13)18(20)21;/h2-3,8,10,16H,4-7,9H2,1H3;1H/t10-;/m1./s1. The molecule has 0 bridgehead atoms. The lowest BCUT2D eigenvalue weighted by Crippen LogP contribution is -2.52. The van der Waals surface area contributed by atoms with Gasteiger partial charge >= 0.3 is 5.69 Å². The van der Waals surface area contributed by atoms with E-state index in [2.05, 4.69) is 5.32 Å². The number of nitrogens with one attached hydrogen (secondary N) is 1. The lowest BCUT2D eigenvalue weighted by molar-refractivity contribution is -0.385. The molecule has 23 heavy (non-hydrogen) atoms. The van der Waals surface area contributed by atoms with Crippen LogP contribution in [0.1, 0.15) is 13.3 Å². The van der Waals surface area contributed by atoms with Crippen molar-refractivity contribution in [3.05, 3.63) is 33.3 Å². The molecule has 1 atom stereocenters. The van der Waals surface area contributed by atoms with E-state index in [1.165, 1.54) is 18.2 Å². The Morgan fingerprint density at radius 3 is 2.96 bits per heavy atom. The van der Waals surface area contributed by atoms with Gasteiger partial charge in [-0.25, -0.2) is 0 Å². The van der Waals surface area contributed by atoms with E-state index >= 15 is 0 Å². The molecular formula is C14H19Cl2N3O4. The normalized spacial score (nSPS) is 17.3. The Labute approximate surface area is 145 Å². The zero-order valence-corrected chi connectivity index (χ0v) is 14.2. The number of hydrogen-bond donors (Lipinski definition) is 1. The van der Waals surface area contributed by atoms with Gasteiger partial charge in [-0.05, 0) is 19.1 Å². The van der Waals surface area contributed by atoms with Crippen LogP contribution in [0.25, 0.3) is 0 Å². The highest BCUT2D eigenvalue weighted by molar-refractivity contribution is 6.30. The summed E-state index contributed by atoms with van der Waals surface area (Å²) in [7, 11) is 0. The summed E-state index contributed by atoms with van der Waals surface area (Å²) >= 11 is 5.74. The number of ether oxygens (including phenoxy) is 1. The SMILES string of the molecule is C[C@@H]1CNCCN1C(=O)CCOc1ccc(Cl)cc1[N+](=O)[O-].Cl. The molecule has 1 aromatic carbocycles. The molecule has 1 N–H and O–H groups in total. The van der Waals surface area contributed by atoms with Crippen LogP contribution in [0.2, 0.25) is 5.02 Å². The van der Waals surface area contributed by atoms with E-state index in [0.29, 0.717) is 6.54 Å². The molecule has 0 radical (unpaired) electrons. The summed E-state index contributed by atoms with van der Waals surface area (Å²) in [6.07, 6.45) is 0.185. The third-order valence-corrected chi connectivity index (χ3v) is 3.75. The number of hydrogen-bond acceptors (Lipinski definition) is 5. The Kier molecular flexibility index (Phi) is 7.54. The average molecular weight is 364 g/mol. The minimum Gasteiger partial charge on any atom is -0.486 e. The van der Waals surface area contributed by atoms with Crippen molar-refractivity contribution < 1.29 is 14.5 Å². The predicted octanol–water partition coefficient (Wildman–Crippen LogP) is 2.26. The highest BCUT2D eigenvalue weighted by Crippen LogP contribution is 2.29. The van der Waals surface area contributed by atoms with E-state index in [9.17, 15) is 14.9 Å². The quantitative estimate of drug-likeness (QED) is 0.640. The van der Waals surface area contributed by atoms with E-state index in [1.807, 2.05) is 6.92 Å². The maximum absolute atomic E-state index is 12.1. The third kappa shape index (κ3) is 5.23. The van der Waals surface area contributed by atoms with Crippen LogP contribution in [0.15, 0.2) is 18.2 Å². The molecule has 7 nitrogen and oxygen atoms in total. The fourth-order valence-corrected chi connectivity index (χ4v) is 2.53. The smallest absolute Gasteiger partial charge is 0.312 e. The maximum atomic E-state index is 12.1. The van der Waals surface area contributed by atoms with Crippen molar-refractivity contribution in [3.63, 3.8) is 0 Å². The van der Waals surface area contributed by atoms with Gasteiger partial charge in [0.1, 0.15) is 0 Å². The van der Waals surface area contributed by atoms with Crippen LogP contribution in [0.5, 0.6) is 5.75 Å². The van der Waals surface area contributed by atoms with Crippen LogP contribution in [0.3, 0.4) is 0 Å². The summed E-state index contributed by atoms with van der Waals surface area (Å²) in [5.41, 5.74) is -0.199. The molecule has 1 amide bonds. The van der Waals surface area contributed by atoms with Crippen molar-refractivity contribution in [3.8, 4) is 5.75 Å². The van der Waals surface area contributed by atoms with Gasteiger partial charge < -0.3 is 15.0 Å². The highest BCUT2D eigenvalue weighted by atomic mass is 35.5. The molecule has 1 aliphatic rings. The fourth-order valence-electron chi connectivity index (χ4n) is 2.36. The number of rotatable bonds is 5. The van der Waals surface area contributed by atoms with Gasteiger partial charge in [-0.15, -0.1) is 12.4 Å². The summed E-state index contributed by atoms with van der Waals surface area (Å²) in [6, 6.07) is 4.34. The third-order valence-electron chi connectivity index (χ3n) is 3.51. The van der Waals surface area contributed by atoms with Gasteiger partial charge in [0, 0.05) is 36.8 Å². The Morgan fingerprint density at radius 1 is 1.57 bits per heavy atom. The van der Waals surface area contributed by atoms with Crippen LogP contribution < -0.4 is 10.1 Å². The van der Waals surface area contributed by atoms with Crippen molar-refractivity contribution in [2.45, 2.75) is 19.4 Å². The molecule has 1 aromatic rings. The fraction of sp³-hybridized carbons (Fsp3) is 0.500. The van der Waals surface area contributed by atoms with Crippen molar-refractivity contribution in [1.29, 1.82) is 0 Å². The molecule has 1 saturated heterocycles. The zero-order valence-electron chi connectivity index (χ0n) is 12.7. The van der Waals surface area contributed by atoms with Crippen molar-refractivity contribution in [2.75, 3.05) is 26.2 Å². The van der Waals surface area contributed by atoms with E-state index in [4.69, 9.17) is 16.3 Å². The first-order valence-electron chi connectivity index (χ1n) is 7.06. The second-order valence-corrected chi connectivity index (χ2v) is 5.54. The van der Waals surface area contributed by atoms with Gasteiger partial charge in [-0.1, -0.05) is 11.6 Å². The van der Waals surface area contributed by atoms with Gasteiger partial charge in [0.25, 0.3) is 0 Å². The molecule has 9 heteroatoms. The Hall–Kier alpha value is -1.57. The molecule has 2 rings (SSSR count). The average Bonchev–Trinajstić information content (AvgIpc) is 2.48. The molecule has 1 heterocycles. The van der Waals surface area contributed by atoms with Gasteiger partial charge in [0.15, 0.2) is 5.75 Å². The summed E-state index contributed by atoms with van der Waals surface area (Å²) in [6.45, 7) is 4.29. The van der Waals surface area contributed by atoms with Crippen LogP contribution in [-0.4, -0.2) is 48.0 Å². The second-order valence-electron chi connectivity index (χ2n) is 5.11. The molecule has 0 unspecified atom stereocenters. The van der Waals surface area contributed by atoms with E-state index < -0.39 is 4.92 Å². The number of carbonyl (C=O) groups is 1. The summed E-state index contributed by atoms with van der Waals surface area (Å²) in [5, 5.41) is 14.4. The van der Waals surface area contributed by atoms with Crippen LogP contribution in [0, 0.1) is 10.1 Å². The van der Waals surface area contributed by atoms with E-state index in [0.717, 1.165) is 13.1 Å². The van der Waals surface area contributed by atoms with Crippen molar-refractivity contribution in [2.24, 2.45) is 0 Å². The van der Waals surface area contributed by atoms with E-state index in [-0.39, 0.29) is 53.8 Å². The summed E-state index contributed by atoms with van der Waals surface area (Å²) in [4.78, 5) is 24.3. The van der Waals surface area contributed by atoms with Crippen molar-refractivity contribution >= 4 is 35.6 Å². The molecule has 128 valence electrons. The monoisotopic (exact) mass is 363 g/mol. The lowest BCUT2D eigenvalue weighted by Gasteiger charge is -2.34. The number of amides is 1. The maximum Gasteiger partial charge on any atom is 0.312 e. The minimum atomic E-state index is -0.554. The minimum absolute atomic E-state index is 0. The summed E-state index contributed by atoms with van der Waals surface area (Å²) in [5.74, 6) is 0.112. The first-order chi connectivity index (χ1) is 10.5. The largest absolute Gasteiger partial charge is 0.486 e. The van der Waals surface area contributed by atoms with Crippen LogP contribution in [-0.2, 0) is 4.79 Å². The molecular weight excluding hydrogens is 345 g/mol. The predicted molar refractivity (Wildman–Crippen MR) is 89.5 cm³/mol. The molecule has 1 aliphatic heterocycles. The van der Waals surface area contributed by atoms with Gasteiger partial charge in [0.2, 0.25) is 5.91 Å². The number of nitro benzene ring substituents is 1. The van der Waals surface area contributed by atoms with Gasteiger partial charge in [0.05, 0.1) is 18.0 Å². The Morgan fingerprint density at radius 2 is 2.30 bits per heavy atom. The molecule has 0 aliphatic carbocycles.